The molecule has 0 spiro atoms. The Morgan fingerprint density at radius 2 is 2.14 bits per heavy atom. The minimum Gasteiger partial charge on any atom is -0.335 e. The number of rotatable bonds is 2. The lowest BCUT2D eigenvalue weighted by Crippen LogP contribution is -2.40. The lowest BCUT2D eigenvalue weighted by atomic mass is 10.1. The van der Waals surface area contributed by atoms with Crippen LogP contribution in [0.3, 0.4) is 0 Å². The minimum atomic E-state index is -3.00. The molecule has 2 amide bonds. The van der Waals surface area contributed by atoms with Gasteiger partial charge in [-0.05, 0) is 32.1 Å². The van der Waals surface area contributed by atoms with Gasteiger partial charge in [-0.1, -0.05) is 5.92 Å². The van der Waals surface area contributed by atoms with Gasteiger partial charge >= 0.3 is 5.91 Å². The second kappa shape index (κ2) is 6.49. The van der Waals surface area contributed by atoms with Gasteiger partial charge in [0, 0.05) is 24.1 Å². The van der Waals surface area contributed by atoms with Crippen LogP contribution in [-0.4, -0.2) is 43.5 Å². The molecule has 4 rings (SSSR count). The molecule has 2 heterocycles. The van der Waals surface area contributed by atoms with Crippen molar-refractivity contribution >= 4 is 21.5 Å². The molecule has 3 atom stereocenters. The number of fused-ring (bicyclic) bond motifs is 1. The van der Waals surface area contributed by atoms with E-state index >= 15 is 0 Å². The molecule has 1 unspecified atom stereocenters. The van der Waals surface area contributed by atoms with Crippen LogP contribution in [0.15, 0.2) is 15.5 Å². The molecule has 2 fully saturated rings. The van der Waals surface area contributed by atoms with Crippen molar-refractivity contribution in [2.75, 3.05) is 12.8 Å². The second-order valence-corrected chi connectivity index (χ2v) is 10.3. The molecule has 1 aromatic heterocycles. The van der Waals surface area contributed by atoms with E-state index in [9.17, 15) is 13.8 Å². The van der Waals surface area contributed by atoms with Crippen LogP contribution in [0.2, 0.25) is 0 Å². The third-order valence-corrected chi connectivity index (χ3v) is 7.27. The van der Waals surface area contributed by atoms with E-state index in [0.717, 1.165) is 19.3 Å². The van der Waals surface area contributed by atoms with Crippen LogP contribution in [0.4, 0.5) is 0 Å². The third kappa shape index (κ3) is 3.57. The summed E-state index contributed by atoms with van der Waals surface area (Å²) in [5.41, 5.74) is 0.556. The average molecular weight is 398 g/mol. The van der Waals surface area contributed by atoms with Crippen LogP contribution in [0.25, 0.3) is 0 Å². The molecule has 0 radical (unpaired) electrons. The quantitative estimate of drug-likeness (QED) is 0.703. The topological polar surface area (TPSA) is 84.6 Å². The van der Waals surface area contributed by atoms with Gasteiger partial charge < -0.3 is 4.90 Å². The molecule has 0 bridgehead atoms. The molecule has 0 saturated heterocycles. The summed E-state index contributed by atoms with van der Waals surface area (Å²) >= 11 is 0. The Morgan fingerprint density at radius 3 is 2.79 bits per heavy atom. The van der Waals surface area contributed by atoms with E-state index in [1.165, 1.54) is 12.5 Å². The Labute approximate surface area is 165 Å². The Hall–Kier alpha value is -2.58. The van der Waals surface area contributed by atoms with Crippen molar-refractivity contribution in [3.63, 3.8) is 0 Å². The zero-order valence-corrected chi connectivity index (χ0v) is 16.8. The molecule has 1 aliphatic heterocycles. The van der Waals surface area contributed by atoms with Crippen LogP contribution in [0.5, 0.6) is 0 Å². The number of amides is 2. The van der Waals surface area contributed by atoms with E-state index < -0.39 is 15.6 Å². The summed E-state index contributed by atoms with van der Waals surface area (Å²) < 4.78 is 18.7. The fourth-order valence-corrected chi connectivity index (χ4v) is 4.67. The minimum absolute atomic E-state index is 0.0220. The van der Waals surface area contributed by atoms with Gasteiger partial charge in [-0.25, -0.2) is 4.21 Å². The van der Waals surface area contributed by atoms with Crippen molar-refractivity contribution in [1.29, 1.82) is 0 Å². The summed E-state index contributed by atoms with van der Waals surface area (Å²) in [6.45, 7) is 3.32. The van der Waals surface area contributed by atoms with Crippen LogP contribution in [-0.2, 0) is 32.4 Å². The van der Waals surface area contributed by atoms with Crippen LogP contribution >= 0.6 is 0 Å². The fraction of sp³-hybridized carbons (Fsp3) is 0.550. The summed E-state index contributed by atoms with van der Waals surface area (Å²) in [4.78, 5) is 26.8. The molecule has 2 saturated carbocycles. The predicted molar refractivity (Wildman–Crippen MR) is 103 cm³/mol. The molecular weight excluding hydrogens is 376 g/mol. The predicted octanol–water partition coefficient (Wildman–Crippen LogP) is 1.28. The second-order valence-electron chi connectivity index (χ2n) is 8.06. The molecule has 1 aromatic rings. The third-order valence-electron chi connectivity index (χ3n) is 5.60. The van der Waals surface area contributed by atoms with E-state index in [2.05, 4.69) is 27.2 Å². The highest BCUT2D eigenvalue weighted by atomic mass is 32.2. The number of carbonyl (C=O) groups is 2. The maximum atomic E-state index is 13.2. The number of carbonyl (C=O) groups excluding carboxylic acids is 2. The number of nitrogens with zero attached hydrogens (tertiary/aromatic N) is 4. The molecule has 0 aromatic carbocycles. The van der Waals surface area contributed by atoms with Crippen LogP contribution < -0.4 is 0 Å². The first-order valence-corrected chi connectivity index (χ1v) is 11.2. The average Bonchev–Trinajstić information content (AvgIpc) is 3.55. The van der Waals surface area contributed by atoms with E-state index in [0.29, 0.717) is 30.2 Å². The highest BCUT2D eigenvalue weighted by Crippen LogP contribution is 2.44. The molecule has 7 nitrogen and oxygen atoms in total. The van der Waals surface area contributed by atoms with Crippen molar-refractivity contribution < 1.29 is 13.8 Å². The normalized spacial score (nSPS) is 26.0. The summed E-state index contributed by atoms with van der Waals surface area (Å²) in [5.74, 6) is 7.29. The maximum absolute atomic E-state index is 13.2. The fourth-order valence-electron chi connectivity index (χ4n) is 3.36. The smallest absolute Gasteiger partial charge is 0.330 e. The zero-order valence-electron chi connectivity index (χ0n) is 16.0. The monoisotopic (exact) mass is 398 g/mol. The summed E-state index contributed by atoms with van der Waals surface area (Å²) in [7, 11) is -3.00. The lowest BCUT2D eigenvalue weighted by molar-refractivity contribution is -0.134. The summed E-state index contributed by atoms with van der Waals surface area (Å²) in [6.07, 6.45) is 11.0. The molecule has 2 aliphatic carbocycles. The lowest BCUT2D eigenvalue weighted by Gasteiger charge is -2.28. The molecule has 0 N–H and O–H groups in total. The van der Waals surface area contributed by atoms with Crippen LogP contribution in [0, 0.1) is 41.4 Å². The summed E-state index contributed by atoms with van der Waals surface area (Å²) in [5, 5.41) is 4.27. The van der Waals surface area contributed by atoms with Crippen molar-refractivity contribution in [1.82, 2.24) is 14.7 Å². The molecule has 146 valence electrons. The Bertz CT molecular complexity index is 1090. The van der Waals surface area contributed by atoms with Gasteiger partial charge in [-0.15, -0.1) is 16.7 Å². The van der Waals surface area contributed by atoms with Crippen LogP contribution in [0.1, 0.15) is 31.9 Å². The van der Waals surface area contributed by atoms with Gasteiger partial charge in [0.25, 0.3) is 0 Å². The number of aromatic nitrogens is 2. The first kappa shape index (κ1) is 18.8. The van der Waals surface area contributed by atoms with E-state index in [1.807, 2.05) is 6.92 Å². The largest absolute Gasteiger partial charge is 0.335 e. The first-order valence-electron chi connectivity index (χ1n) is 9.31. The standard InChI is InChI=1S/C20H22N4O3S/c1-4-14-11-15(14)19(26)23-9-10-24-16(13-23)17(12-21-24)28(3,27)22-18(25)5-6-20(2)7-8-20/h1,12,14-15H,7-11,13H2,2-3H3/t14-,15+,28?/m0/s1. The van der Waals surface area contributed by atoms with Gasteiger partial charge in [0.15, 0.2) is 0 Å². The number of terminal acetylenes is 1. The number of hydrogen-bond acceptors (Lipinski definition) is 4. The van der Waals surface area contributed by atoms with Crippen molar-refractivity contribution in [2.24, 2.45) is 21.6 Å². The van der Waals surface area contributed by atoms with Gasteiger partial charge in [-0.2, -0.15) is 5.10 Å². The zero-order chi connectivity index (χ0) is 20.1. The molecular formula is C20H22N4O3S. The highest BCUT2D eigenvalue weighted by Gasteiger charge is 2.44. The summed E-state index contributed by atoms with van der Waals surface area (Å²) in [6, 6.07) is 0. The Kier molecular flexibility index (Phi) is 4.35. The first-order chi connectivity index (χ1) is 13.2. The Balaban J connectivity index is 1.56. The highest BCUT2D eigenvalue weighted by molar-refractivity contribution is 7.93. The molecule has 8 heteroatoms. The van der Waals surface area contributed by atoms with E-state index in [-0.39, 0.29) is 23.2 Å². The van der Waals surface area contributed by atoms with Crippen molar-refractivity contribution in [3.8, 4) is 24.2 Å². The molecule has 3 aliphatic rings. The Morgan fingerprint density at radius 1 is 1.39 bits per heavy atom. The van der Waals surface area contributed by atoms with E-state index in [1.54, 1.807) is 9.58 Å². The van der Waals surface area contributed by atoms with Gasteiger partial charge in [0.1, 0.15) is 0 Å². The number of hydrogen-bond donors (Lipinski definition) is 0. The van der Waals surface area contributed by atoms with Gasteiger partial charge in [-0.3, -0.25) is 14.3 Å². The molecule has 28 heavy (non-hydrogen) atoms. The van der Waals surface area contributed by atoms with Crippen molar-refractivity contribution in [3.05, 3.63) is 11.9 Å². The maximum Gasteiger partial charge on any atom is 0.330 e. The SMILES string of the molecule is C#C[C@H]1C[C@H]1C(=O)N1CCn2ncc(S(C)(=O)=NC(=O)C#CC3(C)CC3)c2C1. The van der Waals surface area contributed by atoms with E-state index in [4.69, 9.17) is 6.42 Å². The van der Waals surface area contributed by atoms with Crippen molar-refractivity contribution in [2.45, 2.75) is 44.2 Å². The van der Waals surface area contributed by atoms with Gasteiger partial charge in [0.2, 0.25) is 5.91 Å². The van der Waals surface area contributed by atoms with Gasteiger partial charge in [0.05, 0.1) is 45.5 Å².